The van der Waals surface area contributed by atoms with E-state index >= 15 is 0 Å². The first-order valence-electron chi connectivity index (χ1n) is 5.13. The average Bonchev–Trinajstić information content (AvgIpc) is 2.33. The van der Waals surface area contributed by atoms with Crippen LogP contribution in [0, 0.1) is 5.92 Å². The first kappa shape index (κ1) is 11.2. The van der Waals surface area contributed by atoms with Gasteiger partial charge in [0.1, 0.15) is 5.78 Å². The highest BCUT2D eigenvalue weighted by atomic mass is 16.5. The van der Waals surface area contributed by atoms with Gasteiger partial charge >= 0.3 is 5.97 Å². The summed E-state index contributed by atoms with van der Waals surface area (Å²) in [6.45, 7) is 3.71. The molecule has 0 bridgehead atoms. The number of ketones is 1. The lowest BCUT2D eigenvalue weighted by molar-refractivity contribution is -0.146. The number of nitrogens with one attached hydrogen (secondary N) is 1. The van der Waals surface area contributed by atoms with Gasteiger partial charge in [-0.3, -0.25) is 9.59 Å². The summed E-state index contributed by atoms with van der Waals surface area (Å²) in [5, 5.41) is 3.14. The summed E-state index contributed by atoms with van der Waals surface area (Å²) in [5.41, 5.74) is 0. The molecule has 14 heavy (non-hydrogen) atoms. The predicted octanol–water partition coefficient (Wildman–Crippen LogP) is 0.508. The Hall–Kier alpha value is -0.900. The van der Waals surface area contributed by atoms with E-state index in [1.165, 1.54) is 0 Å². The van der Waals surface area contributed by atoms with Crippen LogP contribution in [-0.2, 0) is 14.3 Å². The number of carbonyl (C=O) groups excluding carboxylic acids is 2. The van der Waals surface area contributed by atoms with Crippen LogP contribution in [0.5, 0.6) is 0 Å². The Morgan fingerprint density at radius 2 is 2.36 bits per heavy atom. The van der Waals surface area contributed by atoms with Gasteiger partial charge in [0.2, 0.25) is 0 Å². The van der Waals surface area contributed by atoms with Crippen LogP contribution in [0.25, 0.3) is 0 Å². The fourth-order valence-corrected chi connectivity index (χ4v) is 1.61. The molecule has 1 aliphatic rings. The maximum absolute atomic E-state index is 11.5. The Morgan fingerprint density at radius 3 is 3.07 bits per heavy atom. The van der Waals surface area contributed by atoms with Gasteiger partial charge < -0.3 is 10.1 Å². The van der Waals surface area contributed by atoms with E-state index in [9.17, 15) is 9.59 Å². The van der Waals surface area contributed by atoms with Gasteiger partial charge in [-0.25, -0.2) is 0 Å². The standard InChI is InChI=1S/C10H17NO3/c1-2-14-10(13)7-8-3-5-11-6-4-9(8)12/h8,11H,2-7H2,1H3. The largest absolute Gasteiger partial charge is 0.466 e. The normalized spacial score (nSPS) is 22.9. The topological polar surface area (TPSA) is 55.4 Å². The van der Waals surface area contributed by atoms with Gasteiger partial charge in [-0.1, -0.05) is 0 Å². The summed E-state index contributed by atoms with van der Waals surface area (Å²) < 4.78 is 4.82. The third kappa shape index (κ3) is 3.46. The van der Waals surface area contributed by atoms with Crippen LogP contribution in [0.3, 0.4) is 0 Å². The van der Waals surface area contributed by atoms with Crippen molar-refractivity contribution in [3.8, 4) is 0 Å². The van der Waals surface area contributed by atoms with Crippen molar-refractivity contribution in [1.82, 2.24) is 5.32 Å². The highest BCUT2D eigenvalue weighted by molar-refractivity contribution is 5.85. The Labute approximate surface area is 84.0 Å². The van der Waals surface area contributed by atoms with Crippen molar-refractivity contribution in [2.24, 2.45) is 5.92 Å². The summed E-state index contributed by atoms with van der Waals surface area (Å²) in [6, 6.07) is 0. The molecule has 1 aliphatic heterocycles. The Bertz CT molecular complexity index is 215. The molecule has 1 N–H and O–H groups in total. The second-order valence-corrected chi connectivity index (χ2v) is 3.46. The van der Waals surface area contributed by atoms with Crippen molar-refractivity contribution >= 4 is 11.8 Å². The summed E-state index contributed by atoms with van der Waals surface area (Å²) in [7, 11) is 0. The number of rotatable bonds is 3. The lowest BCUT2D eigenvalue weighted by atomic mass is 9.96. The van der Waals surface area contributed by atoms with Gasteiger partial charge in [-0.05, 0) is 19.9 Å². The van der Waals surface area contributed by atoms with Crippen LogP contribution >= 0.6 is 0 Å². The molecule has 4 heteroatoms. The minimum Gasteiger partial charge on any atom is -0.466 e. The van der Waals surface area contributed by atoms with Crippen molar-refractivity contribution in [1.29, 1.82) is 0 Å². The maximum atomic E-state index is 11.5. The molecule has 1 rings (SSSR count). The molecular weight excluding hydrogens is 182 g/mol. The molecule has 0 amide bonds. The van der Waals surface area contributed by atoms with E-state index in [2.05, 4.69) is 5.32 Å². The van der Waals surface area contributed by atoms with Crippen molar-refractivity contribution in [3.63, 3.8) is 0 Å². The van der Waals surface area contributed by atoms with E-state index in [4.69, 9.17) is 4.74 Å². The lowest BCUT2D eigenvalue weighted by Crippen LogP contribution is -2.19. The minimum atomic E-state index is -0.257. The number of esters is 1. The summed E-state index contributed by atoms with van der Waals surface area (Å²) in [6.07, 6.45) is 1.52. The zero-order chi connectivity index (χ0) is 10.4. The van der Waals surface area contributed by atoms with Gasteiger partial charge in [0.15, 0.2) is 0 Å². The van der Waals surface area contributed by atoms with Crippen molar-refractivity contribution in [3.05, 3.63) is 0 Å². The summed E-state index contributed by atoms with van der Waals surface area (Å²) >= 11 is 0. The van der Waals surface area contributed by atoms with Gasteiger partial charge in [-0.15, -0.1) is 0 Å². The molecule has 4 nitrogen and oxygen atoms in total. The fraction of sp³-hybridized carbons (Fsp3) is 0.800. The second-order valence-electron chi connectivity index (χ2n) is 3.46. The molecule has 0 aromatic carbocycles. The van der Waals surface area contributed by atoms with Gasteiger partial charge in [0.05, 0.1) is 13.0 Å². The van der Waals surface area contributed by atoms with Crippen LogP contribution in [0.4, 0.5) is 0 Å². The molecule has 0 radical (unpaired) electrons. The molecule has 1 heterocycles. The molecule has 1 unspecified atom stereocenters. The van der Waals surface area contributed by atoms with E-state index in [-0.39, 0.29) is 24.1 Å². The van der Waals surface area contributed by atoms with Gasteiger partial charge in [-0.2, -0.15) is 0 Å². The van der Waals surface area contributed by atoms with Crippen LogP contribution in [0.2, 0.25) is 0 Å². The molecule has 80 valence electrons. The SMILES string of the molecule is CCOC(=O)CC1CCNCCC1=O. The zero-order valence-corrected chi connectivity index (χ0v) is 8.54. The fourth-order valence-electron chi connectivity index (χ4n) is 1.61. The molecule has 0 aromatic rings. The smallest absolute Gasteiger partial charge is 0.306 e. The van der Waals surface area contributed by atoms with Crippen molar-refractivity contribution < 1.29 is 14.3 Å². The summed E-state index contributed by atoms with van der Waals surface area (Å²) in [4.78, 5) is 22.7. The van der Waals surface area contributed by atoms with Crippen molar-refractivity contribution in [2.75, 3.05) is 19.7 Å². The van der Waals surface area contributed by atoms with E-state index in [0.717, 1.165) is 19.5 Å². The summed E-state index contributed by atoms with van der Waals surface area (Å²) in [5.74, 6) is -0.208. The molecule has 1 fully saturated rings. The third-order valence-electron chi connectivity index (χ3n) is 2.39. The molecule has 0 saturated carbocycles. The van der Waals surface area contributed by atoms with E-state index in [1.807, 2.05) is 0 Å². The third-order valence-corrected chi connectivity index (χ3v) is 2.39. The molecule has 1 atom stereocenters. The number of carbonyl (C=O) groups is 2. The predicted molar refractivity (Wildman–Crippen MR) is 51.9 cm³/mol. The van der Waals surface area contributed by atoms with Gasteiger partial charge in [0.25, 0.3) is 0 Å². The van der Waals surface area contributed by atoms with Crippen LogP contribution < -0.4 is 5.32 Å². The van der Waals surface area contributed by atoms with E-state index < -0.39 is 0 Å². The first-order chi connectivity index (χ1) is 6.74. The quantitative estimate of drug-likeness (QED) is 0.673. The molecule has 1 saturated heterocycles. The average molecular weight is 199 g/mol. The Morgan fingerprint density at radius 1 is 1.57 bits per heavy atom. The lowest BCUT2D eigenvalue weighted by Gasteiger charge is -2.10. The number of ether oxygens (including phenoxy) is 1. The molecule has 0 spiro atoms. The number of hydrogen-bond acceptors (Lipinski definition) is 4. The van der Waals surface area contributed by atoms with Gasteiger partial charge in [0, 0.05) is 18.9 Å². The Balaban J connectivity index is 2.40. The van der Waals surface area contributed by atoms with Crippen LogP contribution in [-0.4, -0.2) is 31.4 Å². The minimum absolute atomic E-state index is 0.135. The zero-order valence-electron chi connectivity index (χ0n) is 8.54. The number of Topliss-reactive ketones (excluding diaryl/α,β-unsaturated/α-hetero) is 1. The van der Waals surface area contributed by atoms with Crippen LogP contribution in [0.15, 0.2) is 0 Å². The molecular formula is C10H17NO3. The maximum Gasteiger partial charge on any atom is 0.306 e. The highest BCUT2D eigenvalue weighted by Gasteiger charge is 2.23. The highest BCUT2D eigenvalue weighted by Crippen LogP contribution is 2.14. The van der Waals surface area contributed by atoms with Crippen molar-refractivity contribution in [2.45, 2.75) is 26.2 Å². The van der Waals surface area contributed by atoms with Crippen LogP contribution in [0.1, 0.15) is 26.2 Å². The van der Waals surface area contributed by atoms with E-state index in [1.54, 1.807) is 6.92 Å². The first-order valence-corrected chi connectivity index (χ1v) is 5.13. The molecule has 0 aromatic heterocycles. The molecule has 0 aliphatic carbocycles. The second kappa shape index (κ2) is 5.75. The monoisotopic (exact) mass is 199 g/mol. The Kier molecular flexibility index (Phi) is 4.59. The number of hydrogen-bond donors (Lipinski definition) is 1. The van der Waals surface area contributed by atoms with E-state index in [0.29, 0.717) is 13.0 Å².